The molecule has 0 spiro atoms. The van der Waals surface area contributed by atoms with E-state index in [0.29, 0.717) is 12.5 Å². The number of nitrogens with two attached hydrogens (primary N) is 1. The van der Waals surface area contributed by atoms with Gasteiger partial charge in [0.25, 0.3) is 0 Å². The molecule has 3 heteroatoms. The molecule has 82 valence electrons. The topological polar surface area (TPSA) is 29.3 Å². The molecule has 0 saturated heterocycles. The van der Waals surface area contributed by atoms with Crippen LogP contribution in [0.1, 0.15) is 24.3 Å². The Hall–Kier alpha value is -1.09. The van der Waals surface area contributed by atoms with E-state index in [1.54, 1.807) is 12.1 Å². The maximum Gasteiger partial charge on any atom is 0.128 e. The van der Waals surface area contributed by atoms with Crippen molar-refractivity contribution in [3.05, 3.63) is 29.6 Å². The first kappa shape index (κ1) is 10.4. The lowest BCUT2D eigenvalue weighted by atomic mass is 9.87. The summed E-state index contributed by atoms with van der Waals surface area (Å²) in [5, 5.41) is 0. The summed E-state index contributed by atoms with van der Waals surface area (Å²) in [6.45, 7) is 1.61. The smallest absolute Gasteiger partial charge is 0.128 e. The van der Waals surface area contributed by atoms with E-state index in [4.69, 9.17) is 5.73 Å². The highest BCUT2D eigenvalue weighted by Crippen LogP contribution is 2.37. The zero-order valence-corrected chi connectivity index (χ0v) is 9.04. The zero-order chi connectivity index (χ0) is 10.8. The van der Waals surface area contributed by atoms with Crippen molar-refractivity contribution >= 4 is 5.69 Å². The number of rotatable bonds is 2. The van der Waals surface area contributed by atoms with Crippen molar-refractivity contribution in [2.24, 2.45) is 5.73 Å². The minimum absolute atomic E-state index is 0.0856. The van der Waals surface area contributed by atoms with Crippen molar-refractivity contribution < 1.29 is 4.39 Å². The van der Waals surface area contributed by atoms with Crippen LogP contribution in [0.15, 0.2) is 18.2 Å². The summed E-state index contributed by atoms with van der Waals surface area (Å²) < 4.78 is 13.8. The third kappa shape index (κ3) is 1.84. The van der Waals surface area contributed by atoms with E-state index in [1.807, 2.05) is 13.1 Å². The molecule has 1 aromatic carbocycles. The SMILES string of the molecule is CN1CCC(CCN)c2c(F)cccc21. The second kappa shape index (κ2) is 4.19. The summed E-state index contributed by atoms with van der Waals surface area (Å²) in [5.41, 5.74) is 7.45. The number of nitrogens with zero attached hydrogens (tertiary/aromatic N) is 1. The van der Waals surface area contributed by atoms with Crippen molar-refractivity contribution in [3.8, 4) is 0 Å². The van der Waals surface area contributed by atoms with E-state index >= 15 is 0 Å². The third-order valence-corrected chi connectivity index (χ3v) is 3.18. The Kier molecular flexibility index (Phi) is 2.91. The fraction of sp³-hybridized carbons (Fsp3) is 0.500. The summed E-state index contributed by atoms with van der Waals surface area (Å²) in [5.74, 6) is 0.208. The van der Waals surface area contributed by atoms with Crippen LogP contribution in [0.25, 0.3) is 0 Å². The number of fused-ring (bicyclic) bond motifs is 1. The Bertz CT molecular complexity index is 351. The van der Waals surface area contributed by atoms with E-state index < -0.39 is 0 Å². The van der Waals surface area contributed by atoms with Gasteiger partial charge in [0.15, 0.2) is 0 Å². The maximum atomic E-state index is 13.8. The first-order valence-electron chi connectivity index (χ1n) is 5.43. The van der Waals surface area contributed by atoms with E-state index in [9.17, 15) is 4.39 Å². The molecule has 0 saturated carbocycles. The van der Waals surface area contributed by atoms with Crippen LogP contribution in [0.4, 0.5) is 10.1 Å². The maximum absolute atomic E-state index is 13.8. The molecule has 2 rings (SSSR count). The fourth-order valence-corrected chi connectivity index (χ4v) is 2.37. The summed E-state index contributed by atoms with van der Waals surface area (Å²) in [4.78, 5) is 2.12. The van der Waals surface area contributed by atoms with E-state index in [0.717, 1.165) is 30.6 Å². The number of benzene rings is 1. The van der Waals surface area contributed by atoms with Crippen LogP contribution in [0.3, 0.4) is 0 Å². The molecule has 1 aliphatic heterocycles. The van der Waals surface area contributed by atoms with Crippen LogP contribution in [0.2, 0.25) is 0 Å². The van der Waals surface area contributed by atoms with Gasteiger partial charge in [0.1, 0.15) is 5.82 Å². The average molecular weight is 208 g/mol. The van der Waals surface area contributed by atoms with Crippen LogP contribution in [-0.4, -0.2) is 20.1 Å². The number of hydrogen-bond acceptors (Lipinski definition) is 2. The molecule has 0 bridgehead atoms. The van der Waals surface area contributed by atoms with E-state index in [-0.39, 0.29) is 5.82 Å². The third-order valence-electron chi connectivity index (χ3n) is 3.18. The molecule has 2 nitrogen and oxygen atoms in total. The second-order valence-electron chi connectivity index (χ2n) is 4.16. The lowest BCUT2D eigenvalue weighted by molar-refractivity contribution is 0.515. The first-order valence-corrected chi connectivity index (χ1v) is 5.43. The highest BCUT2D eigenvalue weighted by Gasteiger charge is 2.25. The predicted molar refractivity (Wildman–Crippen MR) is 60.7 cm³/mol. The van der Waals surface area contributed by atoms with Crippen molar-refractivity contribution in [2.45, 2.75) is 18.8 Å². The number of hydrogen-bond donors (Lipinski definition) is 1. The molecule has 0 radical (unpaired) electrons. The van der Waals surface area contributed by atoms with Gasteiger partial charge in [-0.15, -0.1) is 0 Å². The molecule has 1 heterocycles. The van der Waals surface area contributed by atoms with Crippen molar-refractivity contribution in [1.82, 2.24) is 0 Å². The van der Waals surface area contributed by atoms with Gasteiger partial charge in [-0.25, -0.2) is 4.39 Å². The van der Waals surface area contributed by atoms with Crippen LogP contribution >= 0.6 is 0 Å². The average Bonchev–Trinajstić information content (AvgIpc) is 2.23. The summed E-state index contributed by atoms with van der Waals surface area (Å²) in [6.07, 6.45) is 1.88. The van der Waals surface area contributed by atoms with Gasteiger partial charge in [0.05, 0.1) is 0 Å². The van der Waals surface area contributed by atoms with Gasteiger partial charge < -0.3 is 10.6 Å². The lowest BCUT2D eigenvalue weighted by Gasteiger charge is -2.33. The summed E-state index contributed by atoms with van der Waals surface area (Å²) >= 11 is 0. The van der Waals surface area contributed by atoms with E-state index in [2.05, 4.69) is 4.90 Å². The van der Waals surface area contributed by atoms with Crippen LogP contribution in [0.5, 0.6) is 0 Å². The standard InChI is InChI=1S/C12H17FN2/c1-15-8-6-9(5-7-14)12-10(13)3-2-4-11(12)15/h2-4,9H,5-8,14H2,1H3. The highest BCUT2D eigenvalue weighted by atomic mass is 19.1. The molecule has 1 aliphatic rings. The Morgan fingerprint density at radius 1 is 1.53 bits per heavy atom. The molecule has 1 aromatic rings. The Morgan fingerprint density at radius 3 is 3.07 bits per heavy atom. The number of anilines is 1. The molecule has 1 atom stereocenters. The fourth-order valence-electron chi connectivity index (χ4n) is 2.37. The van der Waals surface area contributed by atoms with Gasteiger partial charge in [-0.3, -0.25) is 0 Å². The Labute approximate surface area is 89.9 Å². The van der Waals surface area contributed by atoms with Crippen molar-refractivity contribution in [2.75, 3.05) is 25.0 Å². The normalized spacial score (nSPS) is 20.2. The molecule has 1 unspecified atom stereocenters. The highest BCUT2D eigenvalue weighted by molar-refractivity contribution is 5.57. The summed E-state index contributed by atoms with van der Waals surface area (Å²) in [6, 6.07) is 5.30. The molecular weight excluding hydrogens is 191 g/mol. The van der Waals surface area contributed by atoms with Crippen LogP contribution < -0.4 is 10.6 Å². The molecular formula is C12H17FN2. The van der Waals surface area contributed by atoms with Crippen LogP contribution in [-0.2, 0) is 0 Å². The first-order chi connectivity index (χ1) is 7.24. The minimum atomic E-state index is -0.0856. The predicted octanol–water partition coefficient (Wildman–Crippen LogP) is 2.10. The van der Waals surface area contributed by atoms with Crippen molar-refractivity contribution in [3.63, 3.8) is 0 Å². The molecule has 2 N–H and O–H groups in total. The Balaban J connectivity index is 2.42. The molecule has 0 amide bonds. The van der Waals surface area contributed by atoms with E-state index in [1.165, 1.54) is 0 Å². The minimum Gasteiger partial charge on any atom is -0.374 e. The van der Waals surface area contributed by atoms with Crippen LogP contribution in [0, 0.1) is 5.82 Å². The van der Waals surface area contributed by atoms with Gasteiger partial charge in [0.2, 0.25) is 0 Å². The van der Waals surface area contributed by atoms with Gasteiger partial charge in [-0.2, -0.15) is 0 Å². The van der Waals surface area contributed by atoms with Gasteiger partial charge in [-0.05, 0) is 37.4 Å². The quantitative estimate of drug-likeness (QED) is 0.806. The molecule has 15 heavy (non-hydrogen) atoms. The van der Waals surface area contributed by atoms with Crippen molar-refractivity contribution in [1.29, 1.82) is 0 Å². The second-order valence-corrected chi connectivity index (χ2v) is 4.16. The zero-order valence-electron chi connectivity index (χ0n) is 9.04. The Morgan fingerprint density at radius 2 is 2.33 bits per heavy atom. The van der Waals surface area contributed by atoms with Gasteiger partial charge >= 0.3 is 0 Å². The molecule has 0 aromatic heterocycles. The van der Waals surface area contributed by atoms with Gasteiger partial charge in [-0.1, -0.05) is 6.07 Å². The van der Waals surface area contributed by atoms with Gasteiger partial charge in [0, 0.05) is 24.8 Å². The lowest BCUT2D eigenvalue weighted by Crippen LogP contribution is -2.28. The molecule has 0 fully saturated rings. The number of halogens is 1. The monoisotopic (exact) mass is 208 g/mol. The molecule has 0 aliphatic carbocycles. The largest absolute Gasteiger partial charge is 0.374 e. The summed E-state index contributed by atoms with van der Waals surface area (Å²) in [7, 11) is 2.01.